The number of rotatable bonds is 7. The molecule has 1 saturated heterocycles. The maximum atomic E-state index is 12.1. The molecule has 25 heavy (non-hydrogen) atoms. The van der Waals surface area contributed by atoms with Gasteiger partial charge in [0.2, 0.25) is 0 Å². The molecule has 0 atom stereocenters. The summed E-state index contributed by atoms with van der Waals surface area (Å²) in [7, 11) is 1.47. The molecule has 1 aromatic carbocycles. The lowest BCUT2D eigenvalue weighted by atomic mass is 10.2. The molecular formula is C17H22N2O6. The van der Waals surface area contributed by atoms with Crippen LogP contribution < -0.4 is 14.8 Å². The van der Waals surface area contributed by atoms with E-state index in [0.717, 1.165) is 4.90 Å². The molecule has 1 heterocycles. The first-order valence-electron chi connectivity index (χ1n) is 7.98. The van der Waals surface area contributed by atoms with E-state index in [9.17, 15) is 14.4 Å². The van der Waals surface area contributed by atoms with E-state index in [1.807, 2.05) is 13.8 Å². The van der Waals surface area contributed by atoms with E-state index in [-0.39, 0.29) is 12.1 Å². The van der Waals surface area contributed by atoms with Gasteiger partial charge in [0.1, 0.15) is 0 Å². The topological polar surface area (TPSA) is 94.2 Å². The Morgan fingerprint density at radius 2 is 2.04 bits per heavy atom. The van der Waals surface area contributed by atoms with Crippen LogP contribution in [-0.2, 0) is 9.53 Å². The van der Waals surface area contributed by atoms with Gasteiger partial charge in [0.15, 0.2) is 18.1 Å². The minimum atomic E-state index is -0.679. The highest BCUT2D eigenvalue weighted by Crippen LogP contribution is 2.28. The van der Waals surface area contributed by atoms with Gasteiger partial charge < -0.3 is 19.5 Å². The first-order chi connectivity index (χ1) is 11.9. The number of amides is 3. The van der Waals surface area contributed by atoms with E-state index >= 15 is 0 Å². The zero-order chi connectivity index (χ0) is 18.4. The molecule has 1 aliphatic heterocycles. The first-order valence-corrected chi connectivity index (χ1v) is 7.98. The standard InChI is InChI=1S/C17H22N2O6/c1-11(2)9-24-13-5-4-12(8-14(13)23-3)16(21)25-10-15(20)19-7-6-18-17(19)22/h4-5,8,11H,6-7,9-10H2,1-3H3,(H,18,22). The van der Waals surface area contributed by atoms with Crippen LogP contribution in [0.1, 0.15) is 24.2 Å². The molecule has 0 aromatic heterocycles. The van der Waals surface area contributed by atoms with Crippen molar-refractivity contribution in [2.45, 2.75) is 13.8 Å². The van der Waals surface area contributed by atoms with Crippen molar-refractivity contribution in [3.63, 3.8) is 0 Å². The van der Waals surface area contributed by atoms with Crippen LogP contribution in [0.4, 0.5) is 4.79 Å². The number of imide groups is 1. The van der Waals surface area contributed by atoms with Crippen LogP contribution in [0.2, 0.25) is 0 Å². The number of carbonyl (C=O) groups is 3. The van der Waals surface area contributed by atoms with Crippen molar-refractivity contribution in [2.24, 2.45) is 5.92 Å². The quantitative estimate of drug-likeness (QED) is 0.748. The van der Waals surface area contributed by atoms with Crippen LogP contribution >= 0.6 is 0 Å². The van der Waals surface area contributed by atoms with Crippen LogP contribution in [0.15, 0.2) is 18.2 Å². The Kier molecular flexibility index (Phi) is 6.21. The summed E-state index contributed by atoms with van der Waals surface area (Å²) in [6, 6.07) is 4.17. The van der Waals surface area contributed by atoms with E-state index in [2.05, 4.69) is 5.32 Å². The Hall–Kier alpha value is -2.77. The van der Waals surface area contributed by atoms with Gasteiger partial charge in [0.05, 0.1) is 19.3 Å². The highest BCUT2D eigenvalue weighted by molar-refractivity contribution is 5.98. The summed E-state index contributed by atoms with van der Waals surface area (Å²) in [5.74, 6) is 0.0370. The molecule has 136 valence electrons. The minimum Gasteiger partial charge on any atom is -0.493 e. The molecular weight excluding hydrogens is 328 g/mol. The fraction of sp³-hybridized carbons (Fsp3) is 0.471. The molecule has 2 rings (SSSR count). The number of methoxy groups -OCH3 is 1. The minimum absolute atomic E-state index is 0.229. The molecule has 1 aromatic rings. The summed E-state index contributed by atoms with van der Waals surface area (Å²) < 4.78 is 15.8. The van der Waals surface area contributed by atoms with Crippen LogP contribution in [0.25, 0.3) is 0 Å². The Labute approximate surface area is 146 Å². The average molecular weight is 350 g/mol. The number of hydrogen-bond donors (Lipinski definition) is 1. The van der Waals surface area contributed by atoms with Gasteiger partial charge in [0, 0.05) is 13.1 Å². The molecule has 0 radical (unpaired) electrons. The Morgan fingerprint density at radius 3 is 2.64 bits per heavy atom. The lowest BCUT2D eigenvalue weighted by Gasteiger charge is -2.14. The fourth-order valence-corrected chi connectivity index (χ4v) is 2.17. The van der Waals surface area contributed by atoms with Gasteiger partial charge in [0.25, 0.3) is 5.91 Å². The maximum absolute atomic E-state index is 12.1. The van der Waals surface area contributed by atoms with Gasteiger partial charge in [-0.3, -0.25) is 9.69 Å². The molecule has 0 unspecified atom stereocenters. The largest absolute Gasteiger partial charge is 0.493 e. The normalized spacial score (nSPS) is 13.6. The zero-order valence-electron chi connectivity index (χ0n) is 14.5. The summed E-state index contributed by atoms with van der Waals surface area (Å²) >= 11 is 0. The number of benzene rings is 1. The van der Waals surface area contributed by atoms with Gasteiger partial charge in [-0.1, -0.05) is 13.8 Å². The van der Waals surface area contributed by atoms with Crippen molar-refractivity contribution in [3.8, 4) is 11.5 Å². The lowest BCUT2D eigenvalue weighted by Crippen LogP contribution is -2.37. The van der Waals surface area contributed by atoms with Gasteiger partial charge in [-0.2, -0.15) is 0 Å². The molecule has 0 bridgehead atoms. The number of carbonyl (C=O) groups excluding carboxylic acids is 3. The Balaban J connectivity index is 1.96. The fourth-order valence-electron chi connectivity index (χ4n) is 2.17. The average Bonchev–Trinajstić information content (AvgIpc) is 3.03. The maximum Gasteiger partial charge on any atom is 0.338 e. The van der Waals surface area contributed by atoms with Crippen molar-refractivity contribution >= 4 is 17.9 Å². The van der Waals surface area contributed by atoms with E-state index in [1.165, 1.54) is 19.2 Å². The van der Waals surface area contributed by atoms with Crippen LogP contribution in [0.5, 0.6) is 11.5 Å². The summed E-state index contributed by atoms with van der Waals surface area (Å²) in [5.41, 5.74) is 0.229. The van der Waals surface area contributed by atoms with Crippen LogP contribution in [0, 0.1) is 5.92 Å². The summed E-state index contributed by atoms with van der Waals surface area (Å²) in [6.45, 7) is 4.73. The van der Waals surface area contributed by atoms with E-state index in [4.69, 9.17) is 14.2 Å². The first kappa shape index (κ1) is 18.6. The third kappa shape index (κ3) is 4.85. The number of urea groups is 1. The Bertz CT molecular complexity index is 659. The third-order valence-electron chi connectivity index (χ3n) is 3.46. The van der Waals surface area contributed by atoms with Crippen LogP contribution in [0.3, 0.4) is 0 Å². The molecule has 0 spiro atoms. The second-order valence-corrected chi connectivity index (χ2v) is 5.92. The number of nitrogens with zero attached hydrogens (tertiary/aromatic N) is 1. The predicted octanol–water partition coefficient (Wildman–Crippen LogP) is 1.44. The number of esters is 1. The smallest absolute Gasteiger partial charge is 0.338 e. The second-order valence-electron chi connectivity index (χ2n) is 5.92. The number of hydrogen-bond acceptors (Lipinski definition) is 6. The molecule has 1 fully saturated rings. The van der Waals surface area contributed by atoms with Crippen molar-refractivity contribution in [1.29, 1.82) is 0 Å². The number of nitrogens with one attached hydrogen (secondary N) is 1. The molecule has 3 amide bonds. The predicted molar refractivity (Wildman–Crippen MR) is 88.7 cm³/mol. The zero-order valence-corrected chi connectivity index (χ0v) is 14.5. The second kappa shape index (κ2) is 8.36. The summed E-state index contributed by atoms with van der Waals surface area (Å²) in [6.07, 6.45) is 0. The van der Waals surface area contributed by atoms with Crippen molar-refractivity contribution in [3.05, 3.63) is 23.8 Å². The molecule has 8 nitrogen and oxygen atoms in total. The Morgan fingerprint density at radius 1 is 1.28 bits per heavy atom. The monoisotopic (exact) mass is 350 g/mol. The van der Waals surface area contributed by atoms with Gasteiger partial charge in [-0.15, -0.1) is 0 Å². The van der Waals surface area contributed by atoms with Crippen molar-refractivity contribution < 1.29 is 28.6 Å². The van der Waals surface area contributed by atoms with Crippen LogP contribution in [-0.4, -0.2) is 56.2 Å². The molecule has 1 aliphatic rings. The van der Waals surface area contributed by atoms with Gasteiger partial charge in [-0.25, -0.2) is 9.59 Å². The molecule has 0 aliphatic carbocycles. The van der Waals surface area contributed by atoms with Crippen molar-refractivity contribution in [2.75, 3.05) is 33.4 Å². The third-order valence-corrected chi connectivity index (χ3v) is 3.46. The summed E-state index contributed by atoms with van der Waals surface area (Å²) in [5, 5.41) is 2.51. The SMILES string of the molecule is COc1cc(C(=O)OCC(=O)N2CCNC2=O)ccc1OCC(C)C. The van der Waals surface area contributed by atoms with E-state index < -0.39 is 24.5 Å². The van der Waals surface area contributed by atoms with E-state index in [1.54, 1.807) is 6.07 Å². The highest BCUT2D eigenvalue weighted by Gasteiger charge is 2.27. The molecule has 8 heteroatoms. The van der Waals surface area contributed by atoms with Gasteiger partial charge >= 0.3 is 12.0 Å². The lowest BCUT2D eigenvalue weighted by molar-refractivity contribution is -0.130. The van der Waals surface area contributed by atoms with E-state index in [0.29, 0.717) is 30.6 Å². The highest BCUT2D eigenvalue weighted by atomic mass is 16.5. The molecule has 0 saturated carbocycles. The number of ether oxygens (including phenoxy) is 3. The van der Waals surface area contributed by atoms with Crippen molar-refractivity contribution in [1.82, 2.24) is 10.2 Å². The van der Waals surface area contributed by atoms with Gasteiger partial charge in [-0.05, 0) is 24.1 Å². The summed E-state index contributed by atoms with van der Waals surface area (Å²) in [4.78, 5) is 36.4. The molecule has 1 N–H and O–H groups in total.